The van der Waals surface area contributed by atoms with Gasteiger partial charge in [0.05, 0.1) is 10.6 Å². The molecule has 1 atom stereocenters. The lowest BCUT2D eigenvalue weighted by atomic mass is 9.93. The van der Waals surface area contributed by atoms with Crippen LogP contribution in [0.25, 0.3) is 0 Å². The van der Waals surface area contributed by atoms with Gasteiger partial charge in [-0.05, 0) is 57.7 Å². The monoisotopic (exact) mass is 436 g/mol. The molecule has 4 rings (SSSR count). The zero-order chi connectivity index (χ0) is 21.1. The minimum atomic E-state index is -0.926. The van der Waals surface area contributed by atoms with E-state index in [0.29, 0.717) is 18.9 Å². The van der Waals surface area contributed by atoms with E-state index >= 15 is 0 Å². The first kappa shape index (κ1) is 21.7. The van der Waals surface area contributed by atoms with E-state index in [1.807, 2.05) is 6.92 Å². The number of ether oxygens (including phenoxy) is 1. The van der Waals surface area contributed by atoms with Crippen LogP contribution in [0.2, 0.25) is 0 Å². The van der Waals surface area contributed by atoms with E-state index in [2.05, 4.69) is 9.88 Å². The van der Waals surface area contributed by atoms with Crippen LogP contribution in [0.1, 0.15) is 66.9 Å². The second-order valence-corrected chi connectivity index (χ2v) is 9.69. The van der Waals surface area contributed by atoms with Crippen molar-refractivity contribution >= 4 is 11.3 Å². The average Bonchev–Trinajstić information content (AvgIpc) is 3.01. The molecule has 7 heteroatoms. The van der Waals surface area contributed by atoms with Gasteiger partial charge in [-0.15, -0.1) is 11.3 Å². The summed E-state index contributed by atoms with van der Waals surface area (Å²) in [6.07, 6.45) is 8.92. The standard InChI is InChI=1S/C23H30F2N2O2S/c1-16-21(15-29-18-8-9-19(24)20(25)14-18)30-22(26-16)23(28)10-5-12-27(13-11-23)17-6-3-2-4-7-17/h8-9,14,17,28H,2-7,10-13,15H2,1H3/t23-/m1/s1. The molecule has 30 heavy (non-hydrogen) atoms. The maximum atomic E-state index is 13.4. The lowest BCUT2D eigenvalue weighted by Gasteiger charge is -2.33. The van der Waals surface area contributed by atoms with E-state index in [4.69, 9.17) is 4.74 Å². The van der Waals surface area contributed by atoms with Crippen molar-refractivity contribution < 1.29 is 18.6 Å². The Labute approximate surface area is 180 Å². The molecule has 2 fully saturated rings. The molecule has 1 saturated heterocycles. The second kappa shape index (κ2) is 9.28. The molecule has 0 bridgehead atoms. The van der Waals surface area contributed by atoms with Crippen LogP contribution in [-0.4, -0.2) is 34.1 Å². The highest BCUT2D eigenvalue weighted by atomic mass is 32.1. The van der Waals surface area contributed by atoms with Crippen molar-refractivity contribution in [1.29, 1.82) is 0 Å². The SMILES string of the molecule is Cc1nc([C@@]2(O)CCCN(C3CCCCC3)CC2)sc1COc1ccc(F)c(F)c1. The molecule has 4 nitrogen and oxygen atoms in total. The third-order valence-electron chi connectivity index (χ3n) is 6.49. The predicted octanol–water partition coefficient (Wildman–Crippen LogP) is 5.31. The number of hydrogen-bond donors (Lipinski definition) is 1. The van der Waals surface area contributed by atoms with Gasteiger partial charge in [0.2, 0.25) is 0 Å². The number of halogens is 2. The molecular formula is C23H30F2N2O2S. The number of nitrogens with zero attached hydrogens (tertiary/aromatic N) is 2. The number of aromatic nitrogens is 1. The molecule has 164 valence electrons. The fraction of sp³-hybridized carbons (Fsp3) is 0.609. The van der Waals surface area contributed by atoms with Crippen LogP contribution < -0.4 is 4.74 Å². The predicted molar refractivity (Wildman–Crippen MR) is 114 cm³/mol. The van der Waals surface area contributed by atoms with Crippen molar-refractivity contribution in [1.82, 2.24) is 9.88 Å². The third-order valence-corrected chi connectivity index (χ3v) is 7.82. The molecule has 2 heterocycles. The first-order valence-corrected chi connectivity index (χ1v) is 11.8. The summed E-state index contributed by atoms with van der Waals surface area (Å²) in [5.41, 5.74) is -0.0848. The smallest absolute Gasteiger partial charge is 0.162 e. The van der Waals surface area contributed by atoms with E-state index < -0.39 is 17.2 Å². The Morgan fingerprint density at radius 3 is 2.70 bits per heavy atom. The van der Waals surface area contributed by atoms with Crippen molar-refractivity contribution in [3.63, 3.8) is 0 Å². The van der Waals surface area contributed by atoms with E-state index in [9.17, 15) is 13.9 Å². The summed E-state index contributed by atoms with van der Waals surface area (Å²) in [6, 6.07) is 4.18. The Hall–Kier alpha value is -1.57. The molecule has 0 unspecified atom stereocenters. The van der Waals surface area contributed by atoms with Crippen molar-refractivity contribution in [2.75, 3.05) is 13.1 Å². The highest BCUT2D eigenvalue weighted by molar-refractivity contribution is 7.11. The van der Waals surface area contributed by atoms with E-state index in [-0.39, 0.29) is 12.4 Å². The van der Waals surface area contributed by atoms with Gasteiger partial charge in [-0.2, -0.15) is 0 Å². The van der Waals surface area contributed by atoms with Gasteiger partial charge in [0, 0.05) is 18.7 Å². The van der Waals surface area contributed by atoms with Gasteiger partial charge >= 0.3 is 0 Å². The summed E-state index contributed by atoms with van der Waals surface area (Å²) < 4.78 is 32.1. The van der Waals surface area contributed by atoms with Gasteiger partial charge in [0.15, 0.2) is 11.6 Å². The second-order valence-electron chi connectivity index (χ2n) is 8.61. The molecular weight excluding hydrogens is 406 g/mol. The van der Waals surface area contributed by atoms with Crippen molar-refractivity contribution in [3.05, 3.63) is 45.4 Å². The van der Waals surface area contributed by atoms with Crippen LogP contribution in [0, 0.1) is 18.6 Å². The molecule has 2 aromatic rings. The summed E-state index contributed by atoms with van der Waals surface area (Å²) in [5.74, 6) is -1.54. The van der Waals surface area contributed by atoms with Gasteiger partial charge in [-0.3, -0.25) is 0 Å². The molecule has 0 radical (unpaired) electrons. The maximum Gasteiger partial charge on any atom is 0.162 e. The topological polar surface area (TPSA) is 45.6 Å². The Kier molecular flexibility index (Phi) is 6.70. The molecule has 1 aliphatic carbocycles. The normalized spacial score (nSPS) is 24.0. The lowest BCUT2D eigenvalue weighted by molar-refractivity contribution is 0.0188. The molecule has 0 amide bonds. The molecule has 0 spiro atoms. The summed E-state index contributed by atoms with van der Waals surface area (Å²) in [7, 11) is 0. The average molecular weight is 437 g/mol. The molecule has 2 aliphatic rings. The van der Waals surface area contributed by atoms with Gasteiger partial charge < -0.3 is 14.7 Å². The van der Waals surface area contributed by atoms with Crippen LogP contribution in [0.3, 0.4) is 0 Å². The molecule has 1 N–H and O–H groups in total. The van der Waals surface area contributed by atoms with Crippen LogP contribution in [0.4, 0.5) is 8.78 Å². The minimum Gasteiger partial charge on any atom is -0.488 e. The number of rotatable bonds is 5. The van der Waals surface area contributed by atoms with Gasteiger partial charge in [0.25, 0.3) is 0 Å². The molecule has 1 saturated carbocycles. The van der Waals surface area contributed by atoms with Crippen LogP contribution in [0.5, 0.6) is 5.75 Å². The van der Waals surface area contributed by atoms with E-state index in [1.165, 1.54) is 49.5 Å². The summed E-state index contributed by atoms with van der Waals surface area (Å²) in [4.78, 5) is 8.14. The van der Waals surface area contributed by atoms with Gasteiger partial charge in [-0.25, -0.2) is 13.8 Å². The van der Waals surface area contributed by atoms with Gasteiger partial charge in [0.1, 0.15) is 23.0 Å². The number of thiazole rings is 1. The summed E-state index contributed by atoms with van der Waals surface area (Å²) >= 11 is 1.47. The zero-order valence-corrected chi connectivity index (χ0v) is 18.3. The number of aliphatic hydroxyl groups is 1. The van der Waals surface area contributed by atoms with Crippen molar-refractivity contribution in [2.45, 2.75) is 76.5 Å². The fourth-order valence-electron chi connectivity index (χ4n) is 4.64. The third kappa shape index (κ3) is 4.84. The summed E-state index contributed by atoms with van der Waals surface area (Å²) in [6.45, 7) is 4.07. The van der Waals surface area contributed by atoms with E-state index in [1.54, 1.807) is 0 Å². The molecule has 1 aromatic heterocycles. The summed E-state index contributed by atoms with van der Waals surface area (Å²) in [5, 5.41) is 12.2. The number of hydrogen-bond acceptors (Lipinski definition) is 5. The molecule has 1 aliphatic heterocycles. The Balaban J connectivity index is 1.41. The number of likely N-dealkylation sites (tertiary alicyclic amines) is 1. The zero-order valence-electron chi connectivity index (χ0n) is 17.5. The Morgan fingerprint density at radius 1 is 1.13 bits per heavy atom. The first-order valence-electron chi connectivity index (χ1n) is 11.0. The minimum absolute atomic E-state index is 0.221. The largest absolute Gasteiger partial charge is 0.488 e. The Morgan fingerprint density at radius 2 is 1.93 bits per heavy atom. The number of aryl methyl sites for hydroxylation is 1. The van der Waals surface area contributed by atoms with Crippen LogP contribution in [0.15, 0.2) is 18.2 Å². The highest BCUT2D eigenvalue weighted by Crippen LogP contribution is 2.38. The fourth-order valence-corrected chi connectivity index (χ4v) is 5.76. The quantitative estimate of drug-likeness (QED) is 0.690. The van der Waals surface area contributed by atoms with Gasteiger partial charge in [-0.1, -0.05) is 19.3 Å². The van der Waals surface area contributed by atoms with E-state index in [0.717, 1.165) is 47.2 Å². The first-order chi connectivity index (χ1) is 14.4. The van der Waals surface area contributed by atoms with Crippen molar-refractivity contribution in [2.24, 2.45) is 0 Å². The lowest BCUT2D eigenvalue weighted by Crippen LogP contribution is -2.38. The van der Waals surface area contributed by atoms with Crippen LogP contribution in [-0.2, 0) is 12.2 Å². The van der Waals surface area contributed by atoms with Crippen LogP contribution >= 0.6 is 11.3 Å². The highest BCUT2D eigenvalue weighted by Gasteiger charge is 2.37. The maximum absolute atomic E-state index is 13.4. The Bertz CT molecular complexity index is 869. The van der Waals surface area contributed by atoms with Crippen molar-refractivity contribution in [3.8, 4) is 5.75 Å². The molecule has 1 aromatic carbocycles. The number of benzene rings is 1.